The van der Waals surface area contributed by atoms with Gasteiger partial charge in [0.05, 0.1) is 6.61 Å². The molecule has 2 aromatic carbocycles. The first-order valence-electron chi connectivity index (χ1n) is 9.16. The zero-order valence-corrected chi connectivity index (χ0v) is 17.7. The smallest absolute Gasteiger partial charge is 0.161 e. The predicted molar refractivity (Wildman–Crippen MR) is 116 cm³/mol. The normalized spacial score (nSPS) is 15.2. The molecular weight excluding hydrogens is 383 g/mol. The van der Waals surface area contributed by atoms with Gasteiger partial charge in [-0.05, 0) is 37.1 Å². The molecule has 4 nitrogen and oxygen atoms in total. The number of nitrogens with one attached hydrogen (secondary N) is 1. The van der Waals surface area contributed by atoms with Crippen molar-refractivity contribution in [2.24, 2.45) is 0 Å². The van der Waals surface area contributed by atoms with Gasteiger partial charge in [-0.25, -0.2) is 0 Å². The summed E-state index contributed by atoms with van der Waals surface area (Å²) in [6, 6.07) is 16.9. The van der Waals surface area contributed by atoms with E-state index in [1.165, 1.54) is 5.56 Å². The summed E-state index contributed by atoms with van der Waals surface area (Å²) >= 11 is 0. The molecule has 1 fully saturated rings. The van der Waals surface area contributed by atoms with Crippen molar-refractivity contribution in [1.29, 1.82) is 0 Å². The van der Waals surface area contributed by atoms with E-state index in [9.17, 15) is 0 Å². The molecule has 1 N–H and O–H groups in total. The third-order valence-corrected chi connectivity index (χ3v) is 4.69. The van der Waals surface area contributed by atoms with Gasteiger partial charge in [0.1, 0.15) is 6.61 Å². The maximum Gasteiger partial charge on any atom is 0.161 e. The number of nitrogens with zero attached hydrogens (tertiary/aromatic N) is 1. The molecule has 0 unspecified atom stereocenters. The van der Waals surface area contributed by atoms with Gasteiger partial charge >= 0.3 is 0 Å². The number of halogens is 2. The Kier molecular flexibility index (Phi) is 10.6. The molecule has 6 heteroatoms. The molecule has 1 heterocycles. The van der Waals surface area contributed by atoms with Crippen LogP contribution < -0.4 is 14.8 Å². The lowest BCUT2D eigenvalue weighted by Crippen LogP contribution is -2.44. The van der Waals surface area contributed by atoms with Crippen LogP contribution in [0.1, 0.15) is 31.0 Å². The fourth-order valence-corrected chi connectivity index (χ4v) is 3.19. The minimum Gasteiger partial charge on any atom is -0.490 e. The fourth-order valence-electron chi connectivity index (χ4n) is 3.19. The Labute approximate surface area is 175 Å². The van der Waals surface area contributed by atoms with Crippen LogP contribution in [-0.2, 0) is 6.61 Å². The maximum atomic E-state index is 6.01. The molecule has 0 spiro atoms. The van der Waals surface area contributed by atoms with E-state index in [1.807, 2.05) is 31.2 Å². The highest BCUT2D eigenvalue weighted by molar-refractivity contribution is 5.85. The zero-order valence-electron chi connectivity index (χ0n) is 16.0. The van der Waals surface area contributed by atoms with E-state index in [0.29, 0.717) is 19.3 Å². The highest BCUT2D eigenvalue weighted by Gasteiger charge is 2.19. The van der Waals surface area contributed by atoms with Gasteiger partial charge in [0, 0.05) is 32.2 Å². The lowest BCUT2D eigenvalue weighted by Gasteiger charge is -2.33. The Morgan fingerprint density at radius 2 is 1.67 bits per heavy atom. The lowest BCUT2D eigenvalue weighted by atomic mass is 10.1. The minimum atomic E-state index is 0. The fraction of sp³-hybridized carbons (Fsp3) is 0.429. The van der Waals surface area contributed by atoms with E-state index in [2.05, 4.69) is 41.4 Å². The van der Waals surface area contributed by atoms with E-state index in [1.54, 1.807) is 0 Å². The predicted octanol–water partition coefficient (Wildman–Crippen LogP) is 4.47. The summed E-state index contributed by atoms with van der Waals surface area (Å²) in [5.41, 5.74) is 2.43. The number of hydrogen-bond donors (Lipinski definition) is 1. The van der Waals surface area contributed by atoms with Gasteiger partial charge in [0.15, 0.2) is 11.5 Å². The van der Waals surface area contributed by atoms with E-state index in [4.69, 9.17) is 9.47 Å². The highest BCUT2D eigenvalue weighted by atomic mass is 35.5. The monoisotopic (exact) mass is 412 g/mol. The molecule has 0 aliphatic carbocycles. The van der Waals surface area contributed by atoms with Crippen molar-refractivity contribution in [2.75, 3.05) is 32.8 Å². The molecule has 0 aromatic heterocycles. The average molecular weight is 413 g/mol. The van der Waals surface area contributed by atoms with Crippen LogP contribution in [0.3, 0.4) is 0 Å². The van der Waals surface area contributed by atoms with Gasteiger partial charge in [-0.2, -0.15) is 0 Å². The Balaban J connectivity index is 0.00000182. The van der Waals surface area contributed by atoms with E-state index in [-0.39, 0.29) is 24.8 Å². The van der Waals surface area contributed by atoms with Crippen molar-refractivity contribution < 1.29 is 9.47 Å². The Morgan fingerprint density at radius 3 is 2.33 bits per heavy atom. The molecule has 27 heavy (non-hydrogen) atoms. The molecule has 0 saturated carbocycles. The van der Waals surface area contributed by atoms with Gasteiger partial charge in [0.2, 0.25) is 0 Å². The van der Waals surface area contributed by atoms with Crippen molar-refractivity contribution in [1.82, 2.24) is 10.2 Å². The van der Waals surface area contributed by atoms with Gasteiger partial charge in [-0.15, -0.1) is 24.8 Å². The molecule has 0 amide bonds. The topological polar surface area (TPSA) is 33.7 Å². The summed E-state index contributed by atoms with van der Waals surface area (Å²) in [5.74, 6) is 1.64. The van der Waals surface area contributed by atoms with Gasteiger partial charge in [-0.1, -0.05) is 36.4 Å². The van der Waals surface area contributed by atoms with Crippen molar-refractivity contribution in [3.63, 3.8) is 0 Å². The largest absolute Gasteiger partial charge is 0.490 e. The molecule has 2 aromatic rings. The summed E-state index contributed by atoms with van der Waals surface area (Å²) in [6.45, 7) is 9.73. The van der Waals surface area contributed by atoms with E-state index in [0.717, 1.165) is 43.2 Å². The van der Waals surface area contributed by atoms with Gasteiger partial charge in [0.25, 0.3) is 0 Å². The third kappa shape index (κ3) is 6.58. The summed E-state index contributed by atoms with van der Waals surface area (Å²) in [7, 11) is 0. The van der Waals surface area contributed by atoms with Crippen LogP contribution in [0, 0.1) is 0 Å². The van der Waals surface area contributed by atoms with Crippen LogP contribution in [0.2, 0.25) is 0 Å². The molecule has 1 saturated heterocycles. The molecule has 150 valence electrons. The van der Waals surface area contributed by atoms with Crippen LogP contribution in [0.15, 0.2) is 48.5 Å². The highest BCUT2D eigenvalue weighted by Crippen LogP contribution is 2.33. The van der Waals surface area contributed by atoms with Gasteiger partial charge in [-0.3, -0.25) is 4.90 Å². The first-order valence-corrected chi connectivity index (χ1v) is 9.16. The summed E-state index contributed by atoms with van der Waals surface area (Å²) in [5, 5.41) is 3.41. The average Bonchev–Trinajstić information content (AvgIpc) is 2.68. The first kappa shape index (κ1) is 23.6. The van der Waals surface area contributed by atoms with Crippen molar-refractivity contribution in [2.45, 2.75) is 26.5 Å². The van der Waals surface area contributed by atoms with Crippen LogP contribution >= 0.6 is 24.8 Å². The quantitative estimate of drug-likeness (QED) is 0.726. The second kappa shape index (κ2) is 12.1. The second-order valence-corrected chi connectivity index (χ2v) is 6.38. The molecule has 1 aliphatic heterocycles. The van der Waals surface area contributed by atoms with Crippen molar-refractivity contribution >= 4 is 24.8 Å². The van der Waals surface area contributed by atoms with Crippen LogP contribution in [-0.4, -0.2) is 37.7 Å². The number of benzene rings is 2. The second-order valence-electron chi connectivity index (χ2n) is 6.38. The molecule has 3 rings (SSSR count). The maximum absolute atomic E-state index is 6.01. The van der Waals surface area contributed by atoms with Crippen LogP contribution in [0.5, 0.6) is 11.5 Å². The number of piperazine rings is 1. The van der Waals surface area contributed by atoms with Crippen molar-refractivity contribution in [3.8, 4) is 11.5 Å². The van der Waals surface area contributed by atoms with Crippen LogP contribution in [0.25, 0.3) is 0 Å². The SMILES string of the molecule is CCOc1cc([C@@H](C)N2CCNCC2)ccc1OCc1ccccc1.Cl.Cl. The first-order chi connectivity index (χ1) is 12.3. The third-order valence-electron chi connectivity index (χ3n) is 4.69. The van der Waals surface area contributed by atoms with Gasteiger partial charge < -0.3 is 14.8 Å². The molecular formula is C21H30Cl2N2O2. The summed E-state index contributed by atoms with van der Waals surface area (Å²) in [6.07, 6.45) is 0. The summed E-state index contributed by atoms with van der Waals surface area (Å²) < 4.78 is 11.9. The zero-order chi connectivity index (χ0) is 17.5. The molecule has 1 atom stereocenters. The van der Waals surface area contributed by atoms with Crippen LogP contribution in [0.4, 0.5) is 0 Å². The minimum absolute atomic E-state index is 0. The number of rotatable bonds is 7. The molecule has 1 aliphatic rings. The lowest BCUT2D eigenvalue weighted by molar-refractivity contribution is 0.185. The molecule has 0 bridgehead atoms. The van der Waals surface area contributed by atoms with Crippen molar-refractivity contribution in [3.05, 3.63) is 59.7 Å². The Hall–Kier alpha value is -1.46. The summed E-state index contributed by atoms with van der Waals surface area (Å²) in [4.78, 5) is 2.51. The standard InChI is InChI=1S/C21H28N2O2.2ClH/c1-3-24-21-15-19(17(2)23-13-11-22-12-14-23)9-10-20(21)25-16-18-7-5-4-6-8-18;;/h4-10,15,17,22H,3,11-14,16H2,1-2H3;2*1H/t17-;;/m1../s1. The van der Waals surface area contributed by atoms with E-state index < -0.39 is 0 Å². The van der Waals surface area contributed by atoms with E-state index >= 15 is 0 Å². The number of ether oxygens (including phenoxy) is 2. The molecule has 0 radical (unpaired) electrons. The Morgan fingerprint density at radius 1 is 0.963 bits per heavy atom. The Bertz CT molecular complexity index is 664. The number of hydrogen-bond acceptors (Lipinski definition) is 4.